The van der Waals surface area contributed by atoms with Crippen molar-refractivity contribution in [3.8, 4) is 0 Å². The highest BCUT2D eigenvalue weighted by molar-refractivity contribution is 7.91. The van der Waals surface area contributed by atoms with Crippen LogP contribution in [0.1, 0.15) is 13.3 Å². The van der Waals surface area contributed by atoms with Gasteiger partial charge in [-0.05, 0) is 13.0 Å². The number of aliphatic carboxylic acids is 1. The monoisotopic (exact) mass is 278 g/mol. The van der Waals surface area contributed by atoms with E-state index in [1.54, 1.807) is 0 Å². The number of likely N-dealkylation sites (N-methyl/N-ethyl adjacent to an activating group) is 1. The highest BCUT2D eigenvalue weighted by Crippen LogP contribution is 2.17. The van der Waals surface area contributed by atoms with Gasteiger partial charge in [-0.25, -0.2) is 8.42 Å². The quantitative estimate of drug-likeness (QED) is 0.625. The molecular weight excluding hydrogens is 260 g/mol. The normalized spacial score (nSPS) is 21.7. The number of amides is 1. The molecule has 1 aliphatic heterocycles. The van der Waals surface area contributed by atoms with Crippen LogP contribution in [0.3, 0.4) is 0 Å². The molecule has 0 saturated carbocycles. The summed E-state index contributed by atoms with van der Waals surface area (Å²) in [5.41, 5.74) is 0. The molecule has 1 unspecified atom stereocenters. The predicted molar refractivity (Wildman–Crippen MR) is 65.0 cm³/mol. The van der Waals surface area contributed by atoms with E-state index in [9.17, 15) is 18.0 Å². The van der Waals surface area contributed by atoms with Gasteiger partial charge in [0, 0.05) is 6.04 Å². The van der Waals surface area contributed by atoms with Crippen LogP contribution in [0.15, 0.2) is 0 Å². The lowest BCUT2D eigenvalue weighted by Crippen LogP contribution is -2.47. The number of nitrogens with zero attached hydrogens (tertiary/aromatic N) is 1. The summed E-state index contributed by atoms with van der Waals surface area (Å²) in [5, 5.41) is 11.6. The second-order valence-corrected chi connectivity index (χ2v) is 6.48. The van der Waals surface area contributed by atoms with Gasteiger partial charge in [-0.3, -0.25) is 9.59 Å². The van der Waals surface area contributed by atoms with Crippen molar-refractivity contribution >= 4 is 21.7 Å². The van der Waals surface area contributed by atoms with Crippen molar-refractivity contribution in [3.63, 3.8) is 0 Å². The molecule has 1 rings (SSSR count). The van der Waals surface area contributed by atoms with Crippen molar-refractivity contribution < 1.29 is 23.1 Å². The lowest BCUT2D eigenvalue weighted by Gasteiger charge is -2.26. The van der Waals surface area contributed by atoms with Gasteiger partial charge in [0.2, 0.25) is 5.91 Å². The van der Waals surface area contributed by atoms with Gasteiger partial charge in [-0.1, -0.05) is 6.92 Å². The number of carbonyl (C=O) groups is 2. The Balaban J connectivity index is 2.72. The number of carbonyl (C=O) groups excluding carboxylic acids is 1. The first-order valence-corrected chi connectivity index (χ1v) is 7.60. The average Bonchev–Trinajstić information content (AvgIpc) is 2.63. The molecule has 0 aromatic heterocycles. The van der Waals surface area contributed by atoms with Crippen LogP contribution in [0, 0.1) is 0 Å². The van der Waals surface area contributed by atoms with Crippen molar-refractivity contribution in [1.82, 2.24) is 10.2 Å². The van der Waals surface area contributed by atoms with Gasteiger partial charge < -0.3 is 15.3 Å². The summed E-state index contributed by atoms with van der Waals surface area (Å²) in [6, 6.07) is -0.516. The molecule has 0 aliphatic carbocycles. The first-order chi connectivity index (χ1) is 8.35. The standard InChI is InChI=1S/C10H18N2O5S/c1-2-11-5-9(13)12(6-10(14)15)8-3-4-18(16,17)7-8/h8,11H,2-7H2,1H3,(H,14,15). The topological polar surface area (TPSA) is 104 Å². The van der Waals surface area contributed by atoms with Crippen molar-refractivity contribution in [2.75, 3.05) is 31.1 Å². The molecule has 1 aliphatic rings. The fourth-order valence-electron chi connectivity index (χ4n) is 1.92. The van der Waals surface area contributed by atoms with Crippen LogP contribution in [-0.2, 0) is 19.4 Å². The summed E-state index contributed by atoms with van der Waals surface area (Å²) in [7, 11) is -3.14. The summed E-state index contributed by atoms with van der Waals surface area (Å²) in [6.07, 6.45) is 0.313. The van der Waals surface area contributed by atoms with E-state index in [-0.39, 0.29) is 24.0 Å². The van der Waals surface area contributed by atoms with E-state index in [2.05, 4.69) is 5.32 Å². The van der Waals surface area contributed by atoms with Crippen LogP contribution in [0.2, 0.25) is 0 Å². The first kappa shape index (κ1) is 14.9. The van der Waals surface area contributed by atoms with Crippen molar-refractivity contribution in [2.24, 2.45) is 0 Å². The Kier molecular flexibility index (Phi) is 5.09. The van der Waals surface area contributed by atoms with Crippen LogP contribution in [0.5, 0.6) is 0 Å². The third-order valence-electron chi connectivity index (χ3n) is 2.80. The summed E-state index contributed by atoms with van der Waals surface area (Å²) < 4.78 is 22.7. The van der Waals surface area contributed by atoms with E-state index >= 15 is 0 Å². The molecule has 0 aromatic carbocycles. The van der Waals surface area contributed by atoms with Gasteiger partial charge in [0.05, 0.1) is 18.1 Å². The zero-order chi connectivity index (χ0) is 13.8. The molecule has 1 amide bonds. The number of nitrogens with one attached hydrogen (secondary N) is 1. The molecule has 1 heterocycles. The maximum absolute atomic E-state index is 11.8. The number of sulfone groups is 1. The fraction of sp³-hybridized carbons (Fsp3) is 0.800. The zero-order valence-corrected chi connectivity index (χ0v) is 11.1. The van der Waals surface area contributed by atoms with Crippen LogP contribution >= 0.6 is 0 Å². The van der Waals surface area contributed by atoms with Crippen LogP contribution in [-0.4, -0.2) is 67.5 Å². The predicted octanol–water partition coefficient (Wildman–Crippen LogP) is -1.30. The Morgan fingerprint density at radius 1 is 1.44 bits per heavy atom. The Labute approximate surface area is 106 Å². The third kappa shape index (κ3) is 4.26. The molecule has 1 atom stereocenters. The van der Waals surface area contributed by atoms with Gasteiger partial charge in [0.15, 0.2) is 9.84 Å². The molecule has 1 fully saturated rings. The minimum Gasteiger partial charge on any atom is -0.480 e. The lowest BCUT2D eigenvalue weighted by molar-refractivity contribution is -0.145. The molecule has 104 valence electrons. The summed E-state index contributed by atoms with van der Waals surface area (Å²) in [4.78, 5) is 23.7. The number of hydrogen-bond acceptors (Lipinski definition) is 5. The fourth-order valence-corrected chi connectivity index (χ4v) is 3.65. The number of carboxylic acids is 1. The molecule has 2 N–H and O–H groups in total. The Morgan fingerprint density at radius 2 is 2.11 bits per heavy atom. The smallest absolute Gasteiger partial charge is 0.323 e. The first-order valence-electron chi connectivity index (χ1n) is 5.78. The second-order valence-electron chi connectivity index (χ2n) is 4.25. The Bertz CT molecular complexity index is 420. The van der Waals surface area contributed by atoms with Gasteiger partial charge >= 0.3 is 5.97 Å². The van der Waals surface area contributed by atoms with E-state index in [4.69, 9.17) is 5.11 Å². The van der Waals surface area contributed by atoms with Crippen molar-refractivity contribution in [2.45, 2.75) is 19.4 Å². The minimum absolute atomic E-state index is 0.0161. The van der Waals surface area contributed by atoms with E-state index in [1.807, 2.05) is 6.92 Å². The Morgan fingerprint density at radius 3 is 2.56 bits per heavy atom. The molecule has 0 aromatic rings. The minimum atomic E-state index is -3.14. The van der Waals surface area contributed by atoms with Gasteiger partial charge in [-0.2, -0.15) is 0 Å². The van der Waals surface area contributed by atoms with Gasteiger partial charge in [-0.15, -0.1) is 0 Å². The highest BCUT2D eigenvalue weighted by atomic mass is 32.2. The second kappa shape index (κ2) is 6.14. The molecule has 0 radical (unpaired) electrons. The largest absolute Gasteiger partial charge is 0.480 e. The molecule has 1 saturated heterocycles. The highest BCUT2D eigenvalue weighted by Gasteiger charge is 2.35. The van der Waals surface area contributed by atoms with Gasteiger partial charge in [0.25, 0.3) is 0 Å². The van der Waals surface area contributed by atoms with Crippen LogP contribution in [0.25, 0.3) is 0 Å². The lowest BCUT2D eigenvalue weighted by atomic mass is 10.2. The SMILES string of the molecule is CCNCC(=O)N(CC(=O)O)C1CCS(=O)(=O)C1. The van der Waals surface area contributed by atoms with Crippen molar-refractivity contribution in [3.05, 3.63) is 0 Å². The maximum Gasteiger partial charge on any atom is 0.323 e. The zero-order valence-electron chi connectivity index (χ0n) is 10.3. The molecule has 8 heteroatoms. The average molecular weight is 278 g/mol. The molecule has 18 heavy (non-hydrogen) atoms. The van der Waals surface area contributed by atoms with E-state index < -0.39 is 28.4 Å². The van der Waals surface area contributed by atoms with E-state index in [1.165, 1.54) is 0 Å². The van der Waals surface area contributed by atoms with E-state index in [0.717, 1.165) is 4.90 Å². The maximum atomic E-state index is 11.8. The number of rotatable bonds is 6. The summed E-state index contributed by atoms with van der Waals surface area (Å²) in [5.74, 6) is -1.63. The Hall–Kier alpha value is -1.15. The number of hydrogen-bond donors (Lipinski definition) is 2. The summed E-state index contributed by atoms with van der Waals surface area (Å²) in [6.45, 7) is 2.00. The van der Waals surface area contributed by atoms with Crippen LogP contribution in [0.4, 0.5) is 0 Å². The molecule has 7 nitrogen and oxygen atoms in total. The van der Waals surface area contributed by atoms with E-state index in [0.29, 0.717) is 13.0 Å². The van der Waals surface area contributed by atoms with Crippen molar-refractivity contribution in [1.29, 1.82) is 0 Å². The number of carboxylic acid groups (broad SMARTS) is 1. The van der Waals surface area contributed by atoms with Crippen LogP contribution < -0.4 is 5.32 Å². The third-order valence-corrected chi connectivity index (χ3v) is 4.55. The molecular formula is C10H18N2O5S. The molecule has 0 spiro atoms. The van der Waals surface area contributed by atoms with Gasteiger partial charge in [0.1, 0.15) is 6.54 Å². The molecule has 0 bridgehead atoms. The summed E-state index contributed by atoms with van der Waals surface area (Å²) >= 11 is 0.